The molecule has 0 aromatic rings. The first-order valence-corrected chi connectivity index (χ1v) is 8.13. The molecular formula is C12H27N3O3S. The zero-order chi connectivity index (χ0) is 15.5. The Hall–Kier alpha value is -0.660. The lowest BCUT2D eigenvalue weighted by Gasteiger charge is -2.28. The van der Waals surface area contributed by atoms with Crippen LogP contribution < -0.4 is 15.8 Å². The van der Waals surface area contributed by atoms with Gasteiger partial charge in [-0.2, -0.15) is 0 Å². The normalized spacial score (nSPS) is 15.1. The van der Waals surface area contributed by atoms with Crippen molar-refractivity contribution in [2.45, 2.75) is 52.6 Å². The van der Waals surface area contributed by atoms with Gasteiger partial charge in [0.1, 0.15) is 0 Å². The number of rotatable bonds is 6. The molecule has 0 rings (SSSR count). The fraction of sp³-hybridized carbons (Fsp3) is 0.917. The number of hydrogen-bond acceptors (Lipinski definition) is 4. The van der Waals surface area contributed by atoms with Gasteiger partial charge >= 0.3 is 0 Å². The Morgan fingerprint density at radius 2 is 1.68 bits per heavy atom. The van der Waals surface area contributed by atoms with Crippen molar-refractivity contribution in [1.29, 1.82) is 0 Å². The Morgan fingerprint density at radius 1 is 1.21 bits per heavy atom. The van der Waals surface area contributed by atoms with Crippen LogP contribution in [0.4, 0.5) is 0 Å². The van der Waals surface area contributed by atoms with Crippen molar-refractivity contribution in [3.63, 3.8) is 0 Å². The van der Waals surface area contributed by atoms with E-state index in [1.165, 1.54) is 0 Å². The van der Waals surface area contributed by atoms with E-state index in [-0.39, 0.29) is 30.3 Å². The second-order valence-electron chi connectivity index (χ2n) is 6.71. The van der Waals surface area contributed by atoms with Gasteiger partial charge in [-0.15, -0.1) is 0 Å². The number of nitrogens with two attached hydrogens (primary N) is 1. The first-order valence-electron chi connectivity index (χ1n) is 6.24. The molecular weight excluding hydrogens is 266 g/mol. The van der Waals surface area contributed by atoms with E-state index < -0.39 is 15.6 Å². The van der Waals surface area contributed by atoms with Gasteiger partial charge < -0.3 is 11.1 Å². The highest BCUT2D eigenvalue weighted by Crippen LogP contribution is 2.19. The standard InChI is InChI=1S/C12H27N3O3S/c1-11(2,3)9(13)7-10(16)14-8-12(4,5)15-19(6,17)18/h9,15H,7-8,13H2,1-6H3,(H,14,16). The summed E-state index contributed by atoms with van der Waals surface area (Å²) in [4.78, 5) is 11.7. The van der Waals surface area contributed by atoms with Gasteiger partial charge in [-0.1, -0.05) is 20.8 Å². The Bertz CT molecular complexity index is 410. The van der Waals surface area contributed by atoms with E-state index in [1.54, 1.807) is 13.8 Å². The maximum Gasteiger partial charge on any atom is 0.221 e. The first kappa shape index (κ1) is 18.3. The van der Waals surface area contributed by atoms with Crippen LogP contribution in [0.2, 0.25) is 0 Å². The summed E-state index contributed by atoms with van der Waals surface area (Å²) < 4.78 is 24.8. The summed E-state index contributed by atoms with van der Waals surface area (Å²) in [5.41, 5.74) is 5.05. The highest BCUT2D eigenvalue weighted by atomic mass is 32.2. The minimum Gasteiger partial charge on any atom is -0.354 e. The SMILES string of the molecule is CC(C)(CNC(=O)CC(N)C(C)(C)C)NS(C)(=O)=O. The summed E-state index contributed by atoms with van der Waals surface area (Å²) in [6.07, 6.45) is 1.31. The number of amides is 1. The second kappa shape index (κ2) is 6.19. The number of nitrogens with one attached hydrogen (secondary N) is 2. The lowest BCUT2D eigenvalue weighted by molar-refractivity contribution is -0.122. The van der Waals surface area contributed by atoms with Crippen molar-refractivity contribution in [2.75, 3.05) is 12.8 Å². The molecule has 6 nitrogen and oxygen atoms in total. The molecule has 19 heavy (non-hydrogen) atoms. The highest BCUT2D eigenvalue weighted by Gasteiger charge is 2.26. The molecule has 0 saturated carbocycles. The molecule has 0 aromatic heterocycles. The van der Waals surface area contributed by atoms with Crippen LogP contribution in [0, 0.1) is 5.41 Å². The van der Waals surface area contributed by atoms with Gasteiger partial charge in [0.15, 0.2) is 0 Å². The van der Waals surface area contributed by atoms with Crippen LogP contribution in [0.3, 0.4) is 0 Å². The molecule has 0 aromatic carbocycles. The number of hydrogen-bond donors (Lipinski definition) is 3. The molecule has 1 amide bonds. The van der Waals surface area contributed by atoms with Gasteiger partial charge in [-0.3, -0.25) is 4.79 Å². The van der Waals surface area contributed by atoms with Crippen LogP contribution in [-0.2, 0) is 14.8 Å². The highest BCUT2D eigenvalue weighted by molar-refractivity contribution is 7.88. The lowest BCUT2D eigenvalue weighted by atomic mass is 9.85. The maximum absolute atomic E-state index is 11.7. The Labute approximate surface area is 116 Å². The van der Waals surface area contributed by atoms with E-state index in [4.69, 9.17) is 5.73 Å². The van der Waals surface area contributed by atoms with Gasteiger partial charge in [-0.25, -0.2) is 13.1 Å². The number of carbonyl (C=O) groups excluding carboxylic acids is 1. The van der Waals surface area contributed by atoms with Crippen molar-refractivity contribution in [1.82, 2.24) is 10.0 Å². The third-order valence-corrected chi connectivity index (χ3v) is 3.63. The molecule has 0 fully saturated rings. The van der Waals surface area contributed by atoms with E-state index >= 15 is 0 Å². The summed E-state index contributed by atoms with van der Waals surface area (Å²) in [7, 11) is -3.30. The largest absolute Gasteiger partial charge is 0.354 e. The van der Waals surface area contributed by atoms with Crippen molar-refractivity contribution in [3.05, 3.63) is 0 Å². The zero-order valence-electron chi connectivity index (χ0n) is 12.7. The summed E-state index contributed by atoms with van der Waals surface area (Å²) in [5, 5.41) is 2.70. The second-order valence-corrected chi connectivity index (χ2v) is 8.46. The molecule has 4 N–H and O–H groups in total. The molecule has 0 aliphatic carbocycles. The molecule has 0 saturated heterocycles. The van der Waals surface area contributed by atoms with Gasteiger partial charge in [-0.05, 0) is 19.3 Å². The Kier molecular flexibility index (Phi) is 5.98. The van der Waals surface area contributed by atoms with E-state index in [2.05, 4.69) is 10.0 Å². The number of carbonyl (C=O) groups is 1. The van der Waals surface area contributed by atoms with Crippen LogP contribution in [0.15, 0.2) is 0 Å². The average molecular weight is 293 g/mol. The predicted octanol–water partition coefficient (Wildman–Crippen LogP) is 0.194. The molecule has 0 radical (unpaired) electrons. The van der Waals surface area contributed by atoms with Crippen molar-refractivity contribution >= 4 is 15.9 Å². The van der Waals surface area contributed by atoms with Crippen LogP contribution in [0.1, 0.15) is 41.0 Å². The minimum absolute atomic E-state index is 0.141. The van der Waals surface area contributed by atoms with Gasteiger partial charge in [0.05, 0.1) is 6.26 Å². The van der Waals surface area contributed by atoms with Crippen molar-refractivity contribution in [2.24, 2.45) is 11.1 Å². The van der Waals surface area contributed by atoms with Gasteiger partial charge in [0, 0.05) is 24.5 Å². The maximum atomic E-state index is 11.7. The predicted molar refractivity (Wildman–Crippen MR) is 77.1 cm³/mol. The van der Waals surface area contributed by atoms with Crippen LogP contribution >= 0.6 is 0 Å². The van der Waals surface area contributed by atoms with Crippen molar-refractivity contribution in [3.8, 4) is 0 Å². The molecule has 0 bridgehead atoms. The quantitative estimate of drug-likeness (QED) is 0.651. The zero-order valence-corrected chi connectivity index (χ0v) is 13.5. The smallest absolute Gasteiger partial charge is 0.221 e. The van der Waals surface area contributed by atoms with Crippen LogP contribution in [0.25, 0.3) is 0 Å². The first-order chi connectivity index (χ1) is 8.23. The third-order valence-electron chi connectivity index (χ3n) is 2.71. The van der Waals surface area contributed by atoms with E-state index in [9.17, 15) is 13.2 Å². The Balaban J connectivity index is 4.31. The van der Waals surface area contributed by atoms with Gasteiger partial charge in [0.25, 0.3) is 0 Å². The molecule has 0 aliphatic rings. The molecule has 0 spiro atoms. The van der Waals surface area contributed by atoms with Crippen LogP contribution in [-0.4, -0.2) is 38.7 Å². The minimum atomic E-state index is -3.30. The molecule has 7 heteroatoms. The molecule has 1 unspecified atom stereocenters. The van der Waals surface area contributed by atoms with Gasteiger partial charge in [0.2, 0.25) is 15.9 Å². The molecule has 114 valence electrons. The monoisotopic (exact) mass is 293 g/mol. The van der Waals surface area contributed by atoms with E-state index in [1.807, 2.05) is 20.8 Å². The summed E-state index contributed by atoms with van der Waals surface area (Å²) in [6, 6.07) is -0.238. The summed E-state index contributed by atoms with van der Waals surface area (Å²) in [5.74, 6) is -0.175. The molecule has 0 aliphatic heterocycles. The molecule has 1 atom stereocenters. The van der Waals surface area contributed by atoms with E-state index in [0.717, 1.165) is 6.26 Å². The fourth-order valence-electron chi connectivity index (χ4n) is 1.44. The molecule has 0 heterocycles. The Morgan fingerprint density at radius 3 is 2.05 bits per heavy atom. The lowest BCUT2D eigenvalue weighted by Crippen LogP contribution is -2.51. The van der Waals surface area contributed by atoms with Crippen LogP contribution in [0.5, 0.6) is 0 Å². The van der Waals surface area contributed by atoms with Crippen molar-refractivity contribution < 1.29 is 13.2 Å². The number of sulfonamides is 1. The third kappa shape index (κ3) is 8.96. The fourth-order valence-corrected chi connectivity index (χ4v) is 2.51. The summed E-state index contributed by atoms with van der Waals surface area (Å²) in [6.45, 7) is 9.55. The topological polar surface area (TPSA) is 101 Å². The summed E-state index contributed by atoms with van der Waals surface area (Å²) >= 11 is 0. The average Bonchev–Trinajstić information content (AvgIpc) is 2.09. The van der Waals surface area contributed by atoms with E-state index in [0.29, 0.717) is 0 Å².